The fourth-order valence-corrected chi connectivity index (χ4v) is 4.21. The van der Waals surface area contributed by atoms with E-state index in [4.69, 9.17) is 4.74 Å². The van der Waals surface area contributed by atoms with Crippen molar-refractivity contribution in [1.29, 1.82) is 0 Å². The number of ether oxygens (including phenoxy) is 1. The van der Waals surface area contributed by atoms with Gasteiger partial charge < -0.3 is 19.5 Å². The smallest absolute Gasteiger partial charge is 0.245 e. The minimum atomic E-state index is -2.33. The minimum Gasteiger partial charge on any atom is -0.760 e. The largest absolute Gasteiger partial charge is 0.760 e. The van der Waals surface area contributed by atoms with Crippen molar-refractivity contribution in [3.63, 3.8) is 0 Å². The van der Waals surface area contributed by atoms with E-state index < -0.39 is 11.3 Å². The van der Waals surface area contributed by atoms with E-state index in [9.17, 15) is 13.2 Å². The van der Waals surface area contributed by atoms with E-state index in [0.29, 0.717) is 43.6 Å². The van der Waals surface area contributed by atoms with Crippen LogP contribution in [0, 0.1) is 5.82 Å². The number of morpholine rings is 1. The second-order valence-electron chi connectivity index (χ2n) is 7.78. The van der Waals surface area contributed by atoms with Gasteiger partial charge in [0.05, 0.1) is 36.3 Å². The number of hydrogen-bond acceptors (Lipinski definition) is 7. The molecule has 0 saturated carbocycles. The van der Waals surface area contributed by atoms with Gasteiger partial charge in [0.1, 0.15) is 5.82 Å². The van der Waals surface area contributed by atoms with Crippen LogP contribution in [0.5, 0.6) is 0 Å². The van der Waals surface area contributed by atoms with Crippen LogP contribution in [0.3, 0.4) is 0 Å². The van der Waals surface area contributed by atoms with Gasteiger partial charge in [-0.1, -0.05) is 18.2 Å². The first-order chi connectivity index (χ1) is 16.6. The van der Waals surface area contributed by atoms with Crippen LogP contribution in [0.15, 0.2) is 60.8 Å². The summed E-state index contributed by atoms with van der Waals surface area (Å²) in [7, 11) is 0. The first-order valence-corrected chi connectivity index (χ1v) is 11.8. The Labute approximate surface area is 198 Å². The van der Waals surface area contributed by atoms with Crippen molar-refractivity contribution in [1.82, 2.24) is 19.3 Å². The van der Waals surface area contributed by atoms with Crippen molar-refractivity contribution in [2.45, 2.75) is 6.54 Å². The Kier molecular flexibility index (Phi) is 6.50. The molecule has 1 aliphatic rings. The van der Waals surface area contributed by atoms with Gasteiger partial charge in [-0.2, -0.15) is 0 Å². The van der Waals surface area contributed by atoms with Gasteiger partial charge in [-0.05, 0) is 42.0 Å². The van der Waals surface area contributed by atoms with Crippen molar-refractivity contribution in [2.75, 3.05) is 36.5 Å². The molecule has 1 saturated heterocycles. The third-order valence-electron chi connectivity index (χ3n) is 5.57. The molecule has 2 aromatic carbocycles. The number of aromatic nitrogens is 3. The van der Waals surface area contributed by atoms with Crippen molar-refractivity contribution in [3.8, 4) is 11.3 Å². The van der Waals surface area contributed by atoms with Crippen LogP contribution in [0.1, 0.15) is 5.56 Å². The lowest BCUT2D eigenvalue weighted by Gasteiger charge is -2.29. The van der Waals surface area contributed by atoms with Gasteiger partial charge in [-0.15, -0.1) is 5.10 Å². The summed E-state index contributed by atoms with van der Waals surface area (Å²) < 4.78 is 45.6. The molecule has 176 valence electrons. The van der Waals surface area contributed by atoms with Gasteiger partial charge in [0.25, 0.3) is 0 Å². The summed E-state index contributed by atoms with van der Waals surface area (Å²) >= 11 is -2.33. The van der Waals surface area contributed by atoms with Crippen molar-refractivity contribution >= 4 is 34.1 Å². The molecule has 0 radical (unpaired) electrons. The maximum absolute atomic E-state index is 14.4. The molecule has 1 fully saturated rings. The molecule has 9 nitrogen and oxygen atoms in total. The number of nitrogens with one attached hydrogen (secondary N) is 2. The average Bonchev–Trinajstić information content (AvgIpc) is 3.28. The van der Waals surface area contributed by atoms with E-state index in [1.54, 1.807) is 22.8 Å². The highest BCUT2D eigenvalue weighted by Crippen LogP contribution is 2.27. The number of fused-ring (bicyclic) bond motifs is 1. The first kappa shape index (κ1) is 22.4. The average molecular weight is 482 g/mol. The fraction of sp³-hybridized carbons (Fsp3) is 0.217. The minimum absolute atomic E-state index is 0.199. The SMILES string of the molecule is O=S([O-])NCc1cccc(-c2ccc3cnc(Nc4ccc(F)c(N5CCOCC5)c4)nn23)c1. The van der Waals surface area contributed by atoms with Crippen LogP contribution in [0.25, 0.3) is 16.8 Å². The Hall–Kier alpha value is -3.38. The Bertz CT molecular complexity index is 1340. The molecule has 11 heteroatoms. The monoisotopic (exact) mass is 481 g/mol. The molecule has 0 aliphatic carbocycles. The predicted octanol–water partition coefficient (Wildman–Crippen LogP) is 3.00. The van der Waals surface area contributed by atoms with Crippen LogP contribution in [-0.2, 0) is 22.5 Å². The molecule has 1 unspecified atom stereocenters. The highest BCUT2D eigenvalue weighted by atomic mass is 32.2. The third kappa shape index (κ3) is 4.92. The molecule has 1 aliphatic heterocycles. The fourth-order valence-electron chi connectivity index (χ4n) is 3.93. The zero-order valence-corrected chi connectivity index (χ0v) is 18.9. The van der Waals surface area contributed by atoms with Gasteiger partial charge in [0, 0.05) is 42.2 Å². The molecular weight excluding hydrogens is 459 g/mol. The van der Waals surface area contributed by atoms with Gasteiger partial charge >= 0.3 is 0 Å². The molecule has 0 bridgehead atoms. The van der Waals surface area contributed by atoms with Crippen molar-refractivity contribution in [2.24, 2.45) is 0 Å². The van der Waals surface area contributed by atoms with Gasteiger partial charge in [-0.25, -0.2) is 18.6 Å². The quantitative estimate of drug-likeness (QED) is 0.391. The molecule has 0 spiro atoms. The third-order valence-corrected chi connectivity index (χ3v) is 5.95. The maximum atomic E-state index is 14.4. The van der Waals surface area contributed by atoms with Crippen LogP contribution < -0.4 is 14.9 Å². The number of halogens is 1. The molecule has 2 N–H and O–H groups in total. The zero-order chi connectivity index (χ0) is 23.5. The summed E-state index contributed by atoms with van der Waals surface area (Å²) in [4.78, 5) is 6.35. The Balaban J connectivity index is 1.42. The number of hydrogen-bond donors (Lipinski definition) is 2. The van der Waals surface area contributed by atoms with E-state index in [1.807, 2.05) is 41.3 Å². The molecule has 5 rings (SSSR count). The van der Waals surface area contributed by atoms with Gasteiger partial charge in [0.15, 0.2) is 0 Å². The lowest BCUT2D eigenvalue weighted by Crippen LogP contribution is -2.36. The highest BCUT2D eigenvalue weighted by molar-refractivity contribution is 7.77. The molecule has 0 amide bonds. The van der Waals surface area contributed by atoms with E-state index >= 15 is 0 Å². The second-order valence-corrected chi connectivity index (χ2v) is 8.54. The van der Waals surface area contributed by atoms with E-state index in [0.717, 1.165) is 22.3 Å². The van der Waals surface area contributed by atoms with Crippen LogP contribution in [0.4, 0.5) is 21.7 Å². The van der Waals surface area contributed by atoms with Crippen LogP contribution in [-0.4, -0.2) is 49.7 Å². The van der Waals surface area contributed by atoms with Gasteiger partial charge in [-0.3, -0.25) is 4.21 Å². The topological polar surface area (TPSA) is 107 Å². The molecule has 4 aromatic rings. The second kappa shape index (κ2) is 9.85. The summed E-state index contributed by atoms with van der Waals surface area (Å²) in [5.74, 6) is 0.0794. The van der Waals surface area contributed by atoms with E-state index in [2.05, 4.69) is 20.1 Å². The molecule has 3 heterocycles. The van der Waals surface area contributed by atoms with Crippen LogP contribution >= 0.6 is 0 Å². The van der Waals surface area contributed by atoms with Crippen LogP contribution in [0.2, 0.25) is 0 Å². The van der Waals surface area contributed by atoms with E-state index in [-0.39, 0.29) is 12.4 Å². The number of anilines is 3. The lowest BCUT2D eigenvalue weighted by atomic mass is 10.1. The number of rotatable bonds is 7. The Morgan fingerprint density at radius 2 is 1.97 bits per heavy atom. The Morgan fingerprint density at radius 1 is 1.12 bits per heavy atom. The first-order valence-electron chi connectivity index (χ1n) is 10.7. The zero-order valence-electron chi connectivity index (χ0n) is 18.1. The molecule has 1 atom stereocenters. The molecule has 34 heavy (non-hydrogen) atoms. The normalized spacial score (nSPS) is 14.9. The molecular formula is C23H22FN6O3S-. The van der Waals surface area contributed by atoms with Crippen molar-refractivity contribution < 1.29 is 17.9 Å². The summed E-state index contributed by atoms with van der Waals surface area (Å²) in [6.45, 7) is 2.60. The highest BCUT2D eigenvalue weighted by Gasteiger charge is 2.16. The lowest BCUT2D eigenvalue weighted by molar-refractivity contribution is 0.122. The van der Waals surface area contributed by atoms with E-state index in [1.165, 1.54) is 6.07 Å². The maximum Gasteiger partial charge on any atom is 0.245 e. The summed E-state index contributed by atoms with van der Waals surface area (Å²) in [5, 5.41) is 7.80. The van der Waals surface area contributed by atoms with Gasteiger partial charge in [0.2, 0.25) is 5.95 Å². The number of benzene rings is 2. The summed E-state index contributed by atoms with van der Waals surface area (Å²) in [5.41, 5.74) is 4.54. The van der Waals surface area contributed by atoms with Crippen molar-refractivity contribution in [3.05, 3.63) is 72.2 Å². The molecule has 2 aromatic heterocycles. The summed E-state index contributed by atoms with van der Waals surface area (Å²) in [6.07, 6.45) is 1.71. The predicted molar refractivity (Wildman–Crippen MR) is 127 cm³/mol. The Morgan fingerprint density at radius 3 is 2.79 bits per heavy atom. The standard InChI is InChI=1S/C23H23FN6O3S/c24-20-6-4-18(13-22(20)29-8-10-33-11-9-29)27-23-25-15-19-5-7-21(30(19)28-23)17-3-1-2-16(12-17)14-26-34(31)32/h1-7,12-13,15,26H,8-11,14H2,(H,27,28)(H,31,32)/p-1. The summed E-state index contributed by atoms with van der Waals surface area (Å²) in [6, 6.07) is 16.2. The number of nitrogens with zero attached hydrogens (tertiary/aromatic N) is 4.